The molecule has 0 fully saturated rings. The van der Waals surface area contributed by atoms with Gasteiger partial charge in [0.25, 0.3) is 0 Å². The minimum absolute atomic E-state index is 0.575. The molecule has 0 spiro atoms. The van der Waals surface area contributed by atoms with Gasteiger partial charge in [0.1, 0.15) is 0 Å². The first-order valence-electron chi connectivity index (χ1n) is 6.75. The van der Waals surface area contributed by atoms with Gasteiger partial charge in [0.15, 0.2) is 5.82 Å². The number of H-pyrrole nitrogens is 1. The molecule has 0 radical (unpaired) electrons. The summed E-state index contributed by atoms with van der Waals surface area (Å²) in [4.78, 5) is 7.71. The van der Waals surface area contributed by atoms with Crippen LogP contribution in [0.15, 0.2) is 46.3 Å². The largest absolute Gasteiger partial charge is 0.283 e. The number of rotatable bonds is 5. The molecule has 4 nitrogen and oxygen atoms in total. The molecule has 0 saturated heterocycles. The number of aromatic amines is 1. The van der Waals surface area contributed by atoms with E-state index in [0.717, 1.165) is 21.7 Å². The van der Waals surface area contributed by atoms with Gasteiger partial charge in [-0.15, -0.1) is 11.3 Å². The number of hydrogen-bond acceptors (Lipinski definition) is 4. The van der Waals surface area contributed by atoms with Gasteiger partial charge in [0, 0.05) is 11.0 Å². The van der Waals surface area contributed by atoms with Crippen molar-refractivity contribution in [1.29, 1.82) is 0 Å². The highest BCUT2D eigenvalue weighted by molar-refractivity contribution is 9.10. The molecule has 2 aromatic heterocycles. The van der Waals surface area contributed by atoms with E-state index in [9.17, 15) is 0 Å². The Hall–Kier alpha value is -1.28. The number of nitrogens with one attached hydrogen (secondary N) is 1. The lowest BCUT2D eigenvalue weighted by atomic mass is 10.2. The molecule has 0 unspecified atom stereocenters. The molecule has 0 atom stereocenters. The fourth-order valence-corrected chi connectivity index (χ4v) is 3.29. The zero-order valence-electron chi connectivity index (χ0n) is 12.0. The topological polar surface area (TPSA) is 36.9 Å². The van der Waals surface area contributed by atoms with Crippen molar-refractivity contribution in [3.05, 3.63) is 56.6 Å². The molecule has 0 bridgehead atoms. The second kappa shape index (κ2) is 6.87. The highest BCUT2D eigenvalue weighted by Gasteiger charge is 2.08. The fourth-order valence-electron chi connectivity index (χ4n) is 2.17. The van der Waals surface area contributed by atoms with Crippen molar-refractivity contribution in [3.63, 3.8) is 0 Å². The first-order valence-corrected chi connectivity index (χ1v) is 8.83. The van der Waals surface area contributed by atoms with Gasteiger partial charge in [-0.25, -0.2) is 4.68 Å². The monoisotopic (exact) mass is 394 g/mol. The van der Waals surface area contributed by atoms with Crippen molar-refractivity contribution in [2.24, 2.45) is 0 Å². The van der Waals surface area contributed by atoms with Gasteiger partial charge in [-0.3, -0.25) is 10.00 Å². The molecule has 7 heteroatoms. The molecule has 22 heavy (non-hydrogen) atoms. The van der Waals surface area contributed by atoms with Crippen LogP contribution in [0.4, 0.5) is 0 Å². The van der Waals surface area contributed by atoms with Crippen molar-refractivity contribution in [1.82, 2.24) is 19.7 Å². The maximum absolute atomic E-state index is 5.34. The van der Waals surface area contributed by atoms with Crippen LogP contribution in [0.25, 0.3) is 10.7 Å². The number of thiophene rings is 1. The van der Waals surface area contributed by atoms with Gasteiger partial charge in [-0.2, -0.15) is 4.98 Å². The number of benzene rings is 1. The standard InChI is InChI=1S/C15H15BrN4S2/c1-19(9-11-4-6-12(16)7-5-11)10-20-15(21)17-14(18-20)13-3-2-8-22-13/h2-8H,9-10H2,1H3,(H,17,18,21). The third-order valence-corrected chi connectivity index (χ3v) is 4.90. The van der Waals surface area contributed by atoms with Crippen LogP contribution in [0.3, 0.4) is 0 Å². The van der Waals surface area contributed by atoms with E-state index in [4.69, 9.17) is 12.2 Å². The number of nitrogens with zero attached hydrogens (tertiary/aromatic N) is 3. The van der Waals surface area contributed by atoms with Crippen molar-refractivity contribution in [2.75, 3.05) is 7.05 Å². The molecular weight excluding hydrogens is 380 g/mol. The molecule has 0 aliphatic rings. The summed E-state index contributed by atoms with van der Waals surface area (Å²) in [5.41, 5.74) is 1.26. The highest BCUT2D eigenvalue weighted by atomic mass is 79.9. The summed E-state index contributed by atoms with van der Waals surface area (Å²) in [7, 11) is 2.06. The second-order valence-corrected chi connectivity index (χ2v) is 7.27. The van der Waals surface area contributed by atoms with Crippen molar-refractivity contribution < 1.29 is 0 Å². The Labute approximate surface area is 146 Å². The summed E-state index contributed by atoms with van der Waals surface area (Å²) in [5, 5.41) is 5.30. The summed E-state index contributed by atoms with van der Waals surface area (Å²) in [5.74, 6) is 0.831. The molecule has 0 saturated carbocycles. The summed E-state index contributed by atoms with van der Waals surface area (Å²) in [6.45, 7) is 1.52. The molecule has 3 aromatic rings. The Morgan fingerprint density at radius 1 is 1.32 bits per heavy atom. The molecule has 1 aromatic carbocycles. The summed E-state index contributed by atoms with van der Waals surface area (Å²) in [6, 6.07) is 12.4. The predicted octanol–water partition coefficient (Wildman–Crippen LogP) is 4.52. The van der Waals surface area contributed by atoms with E-state index in [-0.39, 0.29) is 0 Å². The Bertz CT molecular complexity index is 790. The van der Waals surface area contributed by atoms with E-state index in [1.54, 1.807) is 11.3 Å². The first kappa shape index (κ1) is 15.6. The molecular formula is C15H15BrN4S2. The van der Waals surface area contributed by atoms with E-state index in [1.807, 2.05) is 22.2 Å². The normalized spacial score (nSPS) is 11.2. The van der Waals surface area contributed by atoms with Crippen molar-refractivity contribution in [2.45, 2.75) is 13.2 Å². The van der Waals surface area contributed by atoms with Crippen molar-refractivity contribution >= 4 is 39.5 Å². The van der Waals surface area contributed by atoms with Gasteiger partial charge in [0.2, 0.25) is 4.77 Å². The van der Waals surface area contributed by atoms with E-state index in [0.29, 0.717) is 11.4 Å². The Balaban J connectivity index is 1.70. The zero-order chi connectivity index (χ0) is 15.5. The Morgan fingerprint density at radius 3 is 2.77 bits per heavy atom. The van der Waals surface area contributed by atoms with E-state index < -0.39 is 0 Å². The van der Waals surface area contributed by atoms with Crippen molar-refractivity contribution in [3.8, 4) is 10.7 Å². The lowest BCUT2D eigenvalue weighted by Crippen LogP contribution is -2.22. The van der Waals surface area contributed by atoms with Crippen LogP contribution < -0.4 is 0 Å². The minimum Gasteiger partial charge on any atom is -0.283 e. The third-order valence-electron chi connectivity index (χ3n) is 3.18. The van der Waals surface area contributed by atoms with Gasteiger partial charge in [0.05, 0.1) is 11.5 Å². The molecule has 0 aliphatic carbocycles. The predicted molar refractivity (Wildman–Crippen MR) is 96.3 cm³/mol. The van der Waals surface area contributed by atoms with Crippen LogP contribution in [0.5, 0.6) is 0 Å². The fraction of sp³-hybridized carbons (Fsp3) is 0.200. The van der Waals surface area contributed by atoms with E-state index in [2.05, 4.69) is 62.2 Å². The minimum atomic E-state index is 0.575. The van der Waals surface area contributed by atoms with Gasteiger partial charge in [-0.1, -0.05) is 34.1 Å². The molecule has 114 valence electrons. The van der Waals surface area contributed by atoms with Crippen LogP contribution in [0.2, 0.25) is 0 Å². The molecule has 1 N–H and O–H groups in total. The zero-order valence-corrected chi connectivity index (χ0v) is 15.2. The Kier molecular flexibility index (Phi) is 4.87. The van der Waals surface area contributed by atoms with Crippen LogP contribution >= 0.6 is 39.5 Å². The molecule has 2 heterocycles. The quantitative estimate of drug-likeness (QED) is 0.646. The van der Waals surface area contributed by atoms with Gasteiger partial charge >= 0.3 is 0 Å². The van der Waals surface area contributed by atoms with Crippen LogP contribution in [-0.2, 0) is 13.2 Å². The molecule has 0 amide bonds. The van der Waals surface area contributed by atoms with Gasteiger partial charge < -0.3 is 0 Å². The summed E-state index contributed by atoms with van der Waals surface area (Å²) in [6.07, 6.45) is 0. The average molecular weight is 395 g/mol. The summed E-state index contributed by atoms with van der Waals surface area (Å²) >= 11 is 10.4. The Morgan fingerprint density at radius 2 is 2.09 bits per heavy atom. The highest BCUT2D eigenvalue weighted by Crippen LogP contribution is 2.20. The average Bonchev–Trinajstić information content (AvgIpc) is 3.12. The lowest BCUT2D eigenvalue weighted by molar-refractivity contribution is 0.244. The van der Waals surface area contributed by atoms with Crippen LogP contribution in [-0.4, -0.2) is 26.7 Å². The number of aromatic nitrogens is 3. The molecule has 3 rings (SSSR count). The second-order valence-electron chi connectivity index (χ2n) is 5.04. The van der Waals surface area contributed by atoms with E-state index >= 15 is 0 Å². The third kappa shape index (κ3) is 3.73. The lowest BCUT2D eigenvalue weighted by Gasteiger charge is -2.16. The maximum Gasteiger partial charge on any atom is 0.217 e. The summed E-state index contributed by atoms with van der Waals surface area (Å²) < 4.78 is 3.56. The SMILES string of the molecule is CN(Cc1ccc(Br)cc1)Cn1[nH]c(-c2cccs2)nc1=S. The first-order chi connectivity index (χ1) is 10.6. The van der Waals surface area contributed by atoms with Gasteiger partial charge in [-0.05, 0) is 48.4 Å². The number of halogens is 1. The molecule has 0 aliphatic heterocycles. The maximum atomic E-state index is 5.34. The van der Waals surface area contributed by atoms with E-state index in [1.165, 1.54) is 5.56 Å². The van der Waals surface area contributed by atoms with Crippen LogP contribution in [0, 0.1) is 4.77 Å². The smallest absolute Gasteiger partial charge is 0.217 e. The van der Waals surface area contributed by atoms with Crippen LogP contribution in [0.1, 0.15) is 5.56 Å². The number of hydrogen-bond donors (Lipinski definition) is 1.